The molecule has 1 spiro atoms. The first-order chi connectivity index (χ1) is 21.4. The summed E-state index contributed by atoms with van der Waals surface area (Å²) in [5.41, 5.74) is 5.12. The van der Waals surface area contributed by atoms with Gasteiger partial charge in [0, 0.05) is 63.0 Å². The van der Waals surface area contributed by atoms with Crippen molar-refractivity contribution in [1.29, 1.82) is 0 Å². The molecule has 11 nitrogen and oxygen atoms in total. The van der Waals surface area contributed by atoms with Crippen molar-refractivity contribution in [3.63, 3.8) is 0 Å². The topological polar surface area (TPSA) is 139 Å². The second-order valence-electron chi connectivity index (χ2n) is 11.9. The van der Waals surface area contributed by atoms with Gasteiger partial charge in [-0.2, -0.15) is 0 Å². The molecule has 0 radical (unpaired) electrons. The predicted molar refractivity (Wildman–Crippen MR) is 161 cm³/mol. The van der Waals surface area contributed by atoms with Crippen molar-refractivity contribution < 1.29 is 38.9 Å². The summed E-state index contributed by atoms with van der Waals surface area (Å²) in [6.45, 7) is 3.88. The third kappa shape index (κ3) is 9.07. The fourth-order valence-corrected chi connectivity index (χ4v) is 6.11. The van der Waals surface area contributed by atoms with E-state index in [0.29, 0.717) is 38.2 Å². The lowest BCUT2D eigenvalue weighted by Crippen LogP contribution is -2.48. The van der Waals surface area contributed by atoms with Crippen molar-refractivity contribution in [2.75, 3.05) is 38.2 Å². The third-order valence-corrected chi connectivity index (χ3v) is 8.66. The van der Waals surface area contributed by atoms with Gasteiger partial charge >= 0.3 is 0 Å². The van der Waals surface area contributed by atoms with Crippen molar-refractivity contribution in [3.8, 4) is 0 Å². The molecule has 0 aliphatic carbocycles. The summed E-state index contributed by atoms with van der Waals surface area (Å²) in [4.78, 5) is 25.9. The van der Waals surface area contributed by atoms with E-state index in [2.05, 4.69) is 10.2 Å². The highest BCUT2D eigenvalue weighted by Gasteiger charge is 2.41. The van der Waals surface area contributed by atoms with E-state index in [4.69, 9.17) is 24.2 Å². The zero-order chi connectivity index (χ0) is 30.8. The maximum atomic E-state index is 12.5. The Balaban J connectivity index is 1.16. The first-order valence-electron chi connectivity index (χ1n) is 15.8. The second-order valence-corrected chi connectivity index (χ2v) is 11.9. The number of benzene rings is 2. The largest absolute Gasteiger partial charge is 0.392 e. The summed E-state index contributed by atoms with van der Waals surface area (Å²) in [7, 11) is 0. The molecule has 2 aromatic rings. The molecule has 11 heteroatoms. The Morgan fingerprint density at radius 3 is 2.11 bits per heavy atom. The molecule has 3 aliphatic heterocycles. The van der Waals surface area contributed by atoms with Crippen LogP contribution in [0.3, 0.4) is 0 Å². The van der Waals surface area contributed by atoms with Crippen LogP contribution in [-0.4, -0.2) is 71.8 Å². The molecule has 3 saturated heterocycles. The number of aliphatic hydroxyl groups is 1. The Hall–Kier alpha value is -2.90. The van der Waals surface area contributed by atoms with E-state index < -0.39 is 12.1 Å². The molecule has 5 rings (SSSR count). The minimum absolute atomic E-state index is 0.00155. The van der Waals surface area contributed by atoms with Crippen LogP contribution in [0.4, 0.5) is 5.69 Å². The number of hydrogen-bond donors (Lipinski definition) is 4. The van der Waals surface area contributed by atoms with E-state index in [9.17, 15) is 14.7 Å². The number of ether oxygens (including phenoxy) is 4. The number of carbonyl (C=O) groups excluding carboxylic acids is 2. The fourth-order valence-electron chi connectivity index (χ4n) is 6.11. The number of hydroxylamine groups is 1. The van der Waals surface area contributed by atoms with Crippen LogP contribution >= 0.6 is 0 Å². The van der Waals surface area contributed by atoms with Gasteiger partial charge in [0.1, 0.15) is 0 Å². The highest BCUT2D eigenvalue weighted by Crippen LogP contribution is 2.39. The molecule has 3 fully saturated rings. The molecule has 0 unspecified atom stereocenters. The number of nitrogens with zero attached hydrogens (tertiary/aromatic N) is 1. The summed E-state index contributed by atoms with van der Waals surface area (Å²) in [6.07, 6.45) is 5.39. The normalized spacial score (nSPS) is 23.5. The fraction of sp³-hybridized carbons (Fsp3) is 0.576. The van der Waals surface area contributed by atoms with Crippen LogP contribution in [0.1, 0.15) is 86.9 Å². The lowest BCUT2D eigenvalue weighted by atomic mass is 9.98. The first-order valence-corrected chi connectivity index (χ1v) is 15.8. The molecule has 240 valence electrons. The van der Waals surface area contributed by atoms with Crippen molar-refractivity contribution in [1.82, 2.24) is 10.4 Å². The van der Waals surface area contributed by atoms with Gasteiger partial charge in [-0.1, -0.05) is 49.2 Å². The van der Waals surface area contributed by atoms with Crippen LogP contribution in [0.2, 0.25) is 0 Å². The highest BCUT2D eigenvalue weighted by molar-refractivity contribution is 5.90. The van der Waals surface area contributed by atoms with Crippen molar-refractivity contribution in [3.05, 3.63) is 65.2 Å². The van der Waals surface area contributed by atoms with Crippen LogP contribution in [0.5, 0.6) is 0 Å². The number of carbonyl (C=O) groups is 2. The first kappa shape index (κ1) is 32.5. The zero-order valence-electron chi connectivity index (χ0n) is 25.2. The molecule has 0 saturated carbocycles. The Bertz CT molecular complexity index is 1190. The number of nitrogens with one attached hydrogen (secondary N) is 2. The zero-order valence-corrected chi connectivity index (χ0v) is 25.2. The molecule has 3 aliphatic rings. The minimum Gasteiger partial charge on any atom is -0.392 e. The average molecular weight is 612 g/mol. The van der Waals surface area contributed by atoms with E-state index in [1.54, 1.807) is 5.48 Å². The van der Waals surface area contributed by atoms with Crippen molar-refractivity contribution in [2.24, 2.45) is 0 Å². The number of piperidine rings is 1. The summed E-state index contributed by atoms with van der Waals surface area (Å²) in [6, 6.07) is 15.5. The standard InChI is InChI=1S/C33H45N3O8/c37-23-24-7-9-25(10-8-24)29-21-28(22-36-17-15-33(16-18-36)41-19-20-42-33)43-32(44-29)26-11-13-27(14-12-26)34-30(38)5-3-1-2-4-6-31(39)35-40/h7-14,28-29,32,37,40H,1-6,15-23H2,(H,34,38)(H,35,39)/t28-,29+,32+/m1/s1. The number of amides is 2. The monoisotopic (exact) mass is 611 g/mol. The van der Waals surface area contributed by atoms with Gasteiger partial charge in [-0.15, -0.1) is 0 Å². The summed E-state index contributed by atoms with van der Waals surface area (Å²) in [5.74, 6) is -0.855. The van der Waals surface area contributed by atoms with Crippen LogP contribution in [-0.2, 0) is 35.1 Å². The quantitative estimate of drug-likeness (QED) is 0.148. The molecule has 2 aromatic carbocycles. The van der Waals surface area contributed by atoms with Crippen molar-refractivity contribution >= 4 is 17.5 Å². The molecule has 3 atom stereocenters. The molecule has 3 heterocycles. The average Bonchev–Trinajstić information content (AvgIpc) is 3.51. The smallest absolute Gasteiger partial charge is 0.243 e. The summed E-state index contributed by atoms with van der Waals surface area (Å²) >= 11 is 0. The minimum atomic E-state index is -0.563. The molecule has 2 amide bonds. The van der Waals surface area contributed by atoms with Crippen LogP contribution in [0.25, 0.3) is 0 Å². The molecule has 0 aromatic heterocycles. The van der Waals surface area contributed by atoms with Crippen LogP contribution < -0.4 is 10.8 Å². The number of rotatable bonds is 13. The van der Waals surface area contributed by atoms with Gasteiger partial charge in [0.2, 0.25) is 11.8 Å². The van der Waals surface area contributed by atoms with Gasteiger partial charge in [-0.25, -0.2) is 5.48 Å². The van der Waals surface area contributed by atoms with E-state index in [1.165, 1.54) is 0 Å². The number of likely N-dealkylation sites (tertiary alicyclic amines) is 1. The molecule has 44 heavy (non-hydrogen) atoms. The Labute approximate surface area is 258 Å². The Morgan fingerprint density at radius 2 is 1.48 bits per heavy atom. The van der Waals surface area contributed by atoms with Gasteiger partial charge in [0.05, 0.1) is 32.0 Å². The highest BCUT2D eigenvalue weighted by atomic mass is 16.7. The van der Waals surface area contributed by atoms with E-state index in [0.717, 1.165) is 68.4 Å². The van der Waals surface area contributed by atoms with Gasteiger partial charge in [0.15, 0.2) is 12.1 Å². The predicted octanol–water partition coefficient (Wildman–Crippen LogP) is 4.35. The maximum Gasteiger partial charge on any atom is 0.243 e. The lowest BCUT2D eigenvalue weighted by molar-refractivity contribution is -0.255. The second kappa shape index (κ2) is 15.9. The summed E-state index contributed by atoms with van der Waals surface area (Å²) in [5, 5.41) is 21.0. The number of hydrogen-bond acceptors (Lipinski definition) is 9. The molecule has 4 N–H and O–H groups in total. The summed E-state index contributed by atoms with van der Waals surface area (Å²) < 4.78 is 24.8. The third-order valence-electron chi connectivity index (χ3n) is 8.66. The SMILES string of the molecule is O=C(CCCCCCC(=O)Nc1ccc([C@H]2O[C@@H](CN3CCC4(CC3)OCCO4)C[C@@H](c3ccc(CO)cc3)O2)cc1)NO. The number of unbranched alkanes of at least 4 members (excludes halogenated alkanes) is 3. The van der Waals surface area contributed by atoms with E-state index >= 15 is 0 Å². The van der Waals surface area contributed by atoms with Gasteiger partial charge in [-0.3, -0.25) is 14.8 Å². The van der Waals surface area contributed by atoms with E-state index in [1.807, 2.05) is 48.5 Å². The molecule has 0 bridgehead atoms. The number of anilines is 1. The lowest BCUT2D eigenvalue weighted by Gasteiger charge is -2.41. The van der Waals surface area contributed by atoms with Gasteiger partial charge in [-0.05, 0) is 36.1 Å². The molecular formula is C33H45N3O8. The van der Waals surface area contributed by atoms with Crippen LogP contribution in [0.15, 0.2) is 48.5 Å². The molecular weight excluding hydrogens is 566 g/mol. The Kier molecular flexibility index (Phi) is 11.7. The van der Waals surface area contributed by atoms with E-state index in [-0.39, 0.29) is 37.0 Å². The number of aliphatic hydroxyl groups excluding tert-OH is 1. The van der Waals surface area contributed by atoms with Gasteiger partial charge in [0.25, 0.3) is 0 Å². The maximum absolute atomic E-state index is 12.5. The van der Waals surface area contributed by atoms with Crippen molar-refractivity contribution in [2.45, 2.75) is 88.7 Å². The Morgan fingerprint density at radius 1 is 0.841 bits per heavy atom. The van der Waals surface area contributed by atoms with Gasteiger partial charge < -0.3 is 34.3 Å². The van der Waals surface area contributed by atoms with Crippen LogP contribution in [0, 0.1) is 0 Å².